The monoisotopic (exact) mass is 296 g/mol. The average Bonchev–Trinajstić information content (AvgIpc) is 1.98. The van der Waals surface area contributed by atoms with Gasteiger partial charge in [0.15, 0.2) is 0 Å². The van der Waals surface area contributed by atoms with Crippen LogP contribution < -0.4 is 24.8 Å². The maximum atomic E-state index is 2.24. The standard InChI is InChI=1S/C9H13.CH3.2ClH.Zr/c1-6-5-7(2)9(4)8(6)3;;;;/h5H,1-4H3;1H3;2*1H;/q2*-1;;;+4/p-2. The van der Waals surface area contributed by atoms with E-state index < -0.39 is 0 Å². The Morgan fingerprint density at radius 3 is 1.54 bits per heavy atom. The van der Waals surface area contributed by atoms with Crippen LogP contribution in [0.2, 0.25) is 0 Å². The van der Waals surface area contributed by atoms with Gasteiger partial charge in [-0.2, -0.15) is 28.3 Å². The van der Waals surface area contributed by atoms with Gasteiger partial charge >= 0.3 is 26.2 Å². The summed E-state index contributed by atoms with van der Waals surface area (Å²) in [4.78, 5) is 0. The third-order valence-corrected chi connectivity index (χ3v) is 2.18. The predicted molar refractivity (Wildman–Crippen MR) is 47.4 cm³/mol. The second-order valence-corrected chi connectivity index (χ2v) is 2.76. The Kier molecular flexibility index (Phi) is 17.0. The minimum Gasteiger partial charge on any atom is -1.00 e. The summed E-state index contributed by atoms with van der Waals surface area (Å²) in [6.45, 7) is 8.68. The molecule has 3 heteroatoms. The molecule has 74 valence electrons. The molecule has 0 saturated heterocycles. The van der Waals surface area contributed by atoms with Crippen molar-refractivity contribution < 1.29 is 51.0 Å². The van der Waals surface area contributed by atoms with Crippen LogP contribution in [0.1, 0.15) is 22.3 Å². The molecule has 13 heavy (non-hydrogen) atoms. The molecule has 0 atom stereocenters. The van der Waals surface area contributed by atoms with Gasteiger partial charge in [0.1, 0.15) is 0 Å². The van der Waals surface area contributed by atoms with Gasteiger partial charge in [-0.1, -0.05) is 27.7 Å². The van der Waals surface area contributed by atoms with E-state index in [9.17, 15) is 0 Å². The third-order valence-electron chi connectivity index (χ3n) is 2.18. The second kappa shape index (κ2) is 9.37. The van der Waals surface area contributed by atoms with Crippen LogP contribution in [-0.2, 0) is 26.2 Å². The zero-order valence-electron chi connectivity index (χ0n) is 8.83. The molecule has 0 fully saturated rings. The van der Waals surface area contributed by atoms with Crippen molar-refractivity contribution in [1.29, 1.82) is 0 Å². The van der Waals surface area contributed by atoms with Crippen LogP contribution in [0.25, 0.3) is 0 Å². The summed E-state index contributed by atoms with van der Waals surface area (Å²) < 4.78 is 0. The summed E-state index contributed by atoms with van der Waals surface area (Å²) in [6, 6.07) is 2.24. The van der Waals surface area contributed by atoms with Crippen molar-refractivity contribution in [2.45, 2.75) is 27.7 Å². The molecule has 0 radical (unpaired) electrons. The summed E-state index contributed by atoms with van der Waals surface area (Å²) in [5.41, 5.74) is 5.75. The molecule has 0 nitrogen and oxygen atoms in total. The molecular weight excluding hydrogens is 282 g/mol. The maximum absolute atomic E-state index is 2.24. The molecule has 0 unspecified atom stereocenters. The van der Waals surface area contributed by atoms with E-state index in [1.807, 2.05) is 0 Å². The Balaban J connectivity index is -0.000000101. The van der Waals surface area contributed by atoms with Gasteiger partial charge in [-0.25, -0.2) is 0 Å². The smallest absolute Gasteiger partial charge is 1.00 e. The van der Waals surface area contributed by atoms with E-state index in [1.165, 1.54) is 22.3 Å². The van der Waals surface area contributed by atoms with E-state index in [2.05, 4.69) is 33.8 Å². The van der Waals surface area contributed by atoms with Crippen molar-refractivity contribution in [3.63, 3.8) is 0 Å². The fourth-order valence-electron chi connectivity index (χ4n) is 1.13. The van der Waals surface area contributed by atoms with Gasteiger partial charge in [0.05, 0.1) is 0 Å². The van der Waals surface area contributed by atoms with Crippen molar-refractivity contribution in [2.75, 3.05) is 0 Å². The number of aryl methyl sites for hydroxylation is 2. The number of hydrogen-bond donors (Lipinski definition) is 0. The molecule has 1 aromatic rings. The van der Waals surface area contributed by atoms with Gasteiger partial charge in [0, 0.05) is 0 Å². The first kappa shape index (κ1) is 23.5. The molecule has 0 aliphatic heterocycles. The van der Waals surface area contributed by atoms with Crippen molar-refractivity contribution >= 4 is 0 Å². The summed E-state index contributed by atoms with van der Waals surface area (Å²) in [7, 11) is 0. The Morgan fingerprint density at radius 2 is 1.46 bits per heavy atom. The Hall–Kier alpha value is 0.813. The zero-order valence-corrected chi connectivity index (χ0v) is 12.8. The van der Waals surface area contributed by atoms with Crippen LogP contribution in [0.5, 0.6) is 0 Å². The molecule has 0 bridgehead atoms. The average molecular weight is 298 g/mol. The Labute approximate surface area is 114 Å². The molecule has 1 rings (SSSR count). The minimum atomic E-state index is 0. The number of rotatable bonds is 0. The topological polar surface area (TPSA) is 0 Å². The normalized spacial score (nSPS) is 7.08. The molecule has 0 amide bonds. The fraction of sp³-hybridized carbons (Fsp3) is 0.400. The third kappa shape index (κ3) is 5.30. The zero-order chi connectivity index (χ0) is 7.02. The van der Waals surface area contributed by atoms with E-state index in [1.54, 1.807) is 0 Å². The van der Waals surface area contributed by atoms with Crippen LogP contribution in [-0.4, -0.2) is 0 Å². The van der Waals surface area contributed by atoms with E-state index in [4.69, 9.17) is 0 Å². The molecule has 0 saturated carbocycles. The van der Waals surface area contributed by atoms with Crippen LogP contribution in [0.3, 0.4) is 0 Å². The van der Waals surface area contributed by atoms with Gasteiger partial charge in [-0.15, -0.1) is 0 Å². The number of hydrogen-bond acceptors (Lipinski definition) is 0. The molecule has 0 aliphatic rings. The summed E-state index contributed by atoms with van der Waals surface area (Å²) in [6.07, 6.45) is 0. The SMILES string of the molecule is Cc1c[c-](C)c(C)c1C.[CH3-].[Cl-].[Cl-].[Zr+4]. The first-order valence-corrected chi connectivity index (χ1v) is 3.33. The molecule has 0 aromatic heterocycles. The largest absolute Gasteiger partial charge is 4.00 e. The van der Waals surface area contributed by atoms with Gasteiger partial charge < -0.3 is 32.2 Å². The van der Waals surface area contributed by atoms with Gasteiger partial charge in [-0.3, -0.25) is 0 Å². The predicted octanol–water partition coefficient (Wildman–Crippen LogP) is -2.91. The maximum Gasteiger partial charge on any atom is 4.00 e. The number of halogens is 2. The molecule has 1 aromatic carbocycles. The molecule has 0 N–H and O–H groups in total. The van der Waals surface area contributed by atoms with Crippen molar-refractivity contribution in [3.8, 4) is 0 Å². The van der Waals surface area contributed by atoms with Gasteiger partial charge in [0.25, 0.3) is 0 Å². The van der Waals surface area contributed by atoms with E-state index >= 15 is 0 Å². The van der Waals surface area contributed by atoms with E-state index in [-0.39, 0.29) is 58.4 Å². The van der Waals surface area contributed by atoms with Crippen LogP contribution >= 0.6 is 0 Å². The van der Waals surface area contributed by atoms with Crippen LogP contribution in [0, 0.1) is 35.1 Å². The fourth-order valence-corrected chi connectivity index (χ4v) is 1.13. The van der Waals surface area contributed by atoms with Crippen LogP contribution in [0.4, 0.5) is 0 Å². The molecular formula is C10H16Cl2Zr. The molecule has 0 heterocycles. The summed E-state index contributed by atoms with van der Waals surface area (Å²) in [5.74, 6) is 0. The Bertz CT molecular complexity index is 207. The van der Waals surface area contributed by atoms with E-state index in [0.29, 0.717) is 0 Å². The van der Waals surface area contributed by atoms with Crippen molar-refractivity contribution in [1.82, 2.24) is 0 Å². The van der Waals surface area contributed by atoms with Gasteiger partial charge in [0.2, 0.25) is 0 Å². The first-order chi connectivity index (χ1) is 4.13. The molecule has 0 aliphatic carbocycles. The van der Waals surface area contributed by atoms with Gasteiger partial charge in [-0.05, 0) is 0 Å². The van der Waals surface area contributed by atoms with Crippen LogP contribution in [0.15, 0.2) is 6.07 Å². The molecule has 0 spiro atoms. The Morgan fingerprint density at radius 1 is 1.08 bits per heavy atom. The van der Waals surface area contributed by atoms with Crippen molar-refractivity contribution in [2.24, 2.45) is 0 Å². The van der Waals surface area contributed by atoms with E-state index in [0.717, 1.165) is 0 Å². The summed E-state index contributed by atoms with van der Waals surface area (Å²) in [5, 5.41) is 0. The quantitative estimate of drug-likeness (QED) is 0.451. The minimum absolute atomic E-state index is 0. The second-order valence-electron chi connectivity index (χ2n) is 2.76. The van der Waals surface area contributed by atoms with Crippen molar-refractivity contribution in [3.05, 3.63) is 35.7 Å². The first-order valence-electron chi connectivity index (χ1n) is 3.33. The summed E-state index contributed by atoms with van der Waals surface area (Å²) >= 11 is 0.